The Hall–Kier alpha value is -2.51. The Labute approximate surface area is 165 Å². The van der Waals surface area contributed by atoms with E-state index in [1.807, 2.05) is 6.92 Å². The van der Waals surface area contributed by atoms with Gasteiger partial charge in [-0.1, -0.05) is 29.3 Å². The number of ether oxygens (including phenoxy) is 2. The van der Waals surface area contributed by atoms with Crippen molar-refractivity contribution in [2.45, 2.75) is 20.1 Å². The van der Waals surface area contributed by atoms with E-state index in [4.69, 9.17) is 32.7 Å². The van der Waals surface area contributed by atoms with Crippen molar-refractivity contribution in [1.29, 1.82) is 0 Å². The van der Waals surface area contributed by atoms with E-state index in [1.54, 1.807) is 18.2 Å². The van der Waals surface area contributed by atoms with E-state index in [0.29, 0.717) is 35.6 Å². The number of halogens is 3. The van der Waals surface area contributed by atoms with Crippen LogP contribution in [0.15, 0.2) is 36.7 Å². The summed E-state index contributed by atoms with van der Waals surface area (Å²) >= 11 is 12.4. The molecule has 0 amide bonds. The van der Waals surface area contributed by atoms with Crippen molar-refractivity contribution in [2.24, 2.45) is 0 Å². The number of aromatic amines is 1. The van der Waals surface area contributed by atoms with Crippen molar-refractivity contribution in [2.75, 3.05) is 11.9 Å². The molecule has 0 aliphatic carbocycles. The number of H-pyrrole nitrogens is 1. The van der Waals surface area contributed by atoms with Gasteiger partial charge in [0.2, 0.25) is 5.95 Å². The third kappa shape index (κ3) is 4.81. The minimum atomic E-state index is -0.440. The minimum Gasteiger partial charge on any atom is -0.490 e. The van der Waals surface area contributed by atoms with Crippen molar-refractivity contribution in [3.63, 3.8) is 0 Å². The lowest BCUT2D eigenvalue weighted by Gasteiger charge is -2.16. The molecule has 9 heteroatoms. The van der Waals surface area contributed by atoms with Crippen LogP contribution in [0.4, 0.5) is 10.3 Å². The van der Waals surface area contributed by atoms with Gasteiger partial charge in [0.25, 0.3) is 0 Å². The van der Waals surface area contributed by atoms with Gasteiger partial charge in [-0.25, -0.2) is 14.5 Å². The van der Waals surface area contributed by atoms with Gasteiger partial charge in [-0.05, 0) is 36.8 Å². The van der Waals surface area contributed by atoms with E-state index >= 15 is 0 Å². The van der Waals surface area contributed by atoms with Gasteiger partial charge >= 0.3 is 0 Å². The highest BCUT2D eigenvalue weighted by atomic mass is 35.5. The molecule has 1 heterocycles. The van der Waals surface area contributed by atoms with Crippen LogP contribution in [0.1, 0.15) is 18.1 Å². The smallest absolute Gasteiger partial charge is 0.218 e. The predicted molar refractivity (Wildman–Crippen MR) is 102 cm³/mol. The molecular formula is C18H17Cl2FN4O2. The molecule has 0 bridgehead atoms. The number of nitrogens with zero attached hydrogens (tertiary/aromatic N) is 2. The van der Waals surface area contributed by atoms with Crippen LogP contribution in [0.3, 0.4) is 0 Å². The minimum absolute atomic E-state index is 0.0685. The number of rotatable bonds is 8. The number of benzene rings is 2. The van der Waals surface area contributed by atoms with E-state index in [0.717, 1.165) is 5.56 Å². The SMILES string of the molecule is CCOc1cc(CNc2ncn[nH]2)cc(Cl)c1OCc1c(F)cccc1Cl. The fourth-order valence-corrected chi connectivity index (χ4v) is 2.92. The van der Waals surface area contributed by atoms with Crippen molar-refractivity contribution in [3.8, 4) is 11.5 Å². The molecule has 0 aliphatic heterocycles. The fourth-order valence-electron chi connectivity index (χ4n) is 2.42. The Morgan fingerprint density at radius 1 is 1.19 bits per heavy atom. The monoisotopic (exact) mass is 410 g/mol. The van der Waals surface area contributed by atoms with Crippen molar-refractivity contribution < 1.29 is 13.9 Å². The first kappa shape index (κ1) is 19.3. The first-order valence-electron chi connectivity index (χ1n) is 8.18. The molecule has 0 fully saturated rings. The second-order valence-corrected chi connectivity index (χ2v) is 6.33. The zero-order valence-corrected chi connectivity index (χ0v) is 15.9. The van der Waals surface area contributed by atoms with Gasteiger partial charge in [0.05, 0.1) is 16.7 Å². The van der Waals surface area contributed by atoms with Crippen molar-refractivity contribution in [1.82, 2.24) is 15.2 Å². The number of nitrogens with one attached hydrogen (secondary N) is 2. The quantitative estimate of drug-likeness (QED) is 0.555. The van der Waals surface area contributed by atoms with Gasteiger partial charge in [-0.3, -0.25) is 0 Å². The third-order valence-electron chi connectivity index (χ3n) is 3.67. The number of hydrogen-bond donors (Lipinski definition) is 2. The Balaban J connectivity index is 1.79. The first-order chi connectivity index (χ1) is 13.1. The summed E-state index contributed by atoms with van der Waals surface area (Å²) in [6.07, 6.45) is 1.41. The van der Waals surface area contributed by atoms with E-state index in [9.17, 15) is 4.39 Å². The maximum absolute atomic E-state index is 14.0. The fraction of sp³-hybridized carbons (Fsp3) is 0.222. The Kier molecular flexibility index (Phi) is 6.36. The van der Waals surface area contributed by atoms with Crippen LogP contribution in [-0.2, 0) is 13.2 Å². The molecule has 0 spiro atoms. The number of hydrogen-bond acceptors (Lipinski definition) is 5. The summed E-state index contributed by atoms with van der Waals surface area (Å²) in [5.41, 5.74) is 1.12. The van der Waals surface area contributed by atoms with Crippen LogP contribution in [0, 0.1) is 5.82 Å². The van der Waals surface area contributed by atoms with E-state index < -0.39 is 5.82 Å². The van der Waals surface area contributed by atoms with Crippen molar-refractivity contribution in [3.05, 3.63) is 63.6 Å². The highest BCUT2D eigenvalue weighted by Gasteiger charge is 2.15. The molecule has 3 aromatic rings. The third-order valence-corrected chi connectivity index (χ3v) is 4.30. The van der Waals surface area contributed by atoms with Crippen LogP contribution >= 0.6 is 23.2 Å². The molecule has 0 aliphatic rings. The average molecular weight is 411 g/mol. The van der Waals surface area contributed by atoms with Gasteiger partial charge in [0, 0.05) is 12.1 Å². The Morgan fingerprint density at radius 2 is 2.04 bits per heavy atom. The second-order valence-electron chi connectivity index (χ2n) is 5.51. The number of anilines is 1. The van der Waals surface area contributed by atoms with Crippen LogP contribution in [0.5, 0.6) is 11.5 Å². The first-order valence-corrected chi connectivity index (χ1v) is 8.94. The maximum Gasteiger partial charge on any atom is 0.218 e. The van der Waals surface area contributed by atoms with Gasteiger partial charge in [-0.2, -0.15) is 5.10 Å². The second kappa shape index (κ2) is 8.92. The molecule has 0 saturated carbocycles. The number of aromatic nitrogens is 3. The lowest BCUT2D eigenvalue weighted by molar-refractivity contribution is 0.266. The summed E-state index contributed by atoms with van der Waals surface area (Å²) in [6.45, 7) is 2.66. The molecule has 2 N–H and O–H groups in total. The van der Waals surface area contributed by atoms with Gasteiger partial charge in [0.15, 0.2) is 11.5 Å². The molecule has 0 saturated heterocycles. The zero-order valence-electron chi connectivity index (χ0n) is 14.4. The predicted octanol–water partition coefficient (Wildman–Crippen LogP) is 4.84. The molecule has 0 unspecified atom stereocenters. The van der Waals surface area contributed by atoms with Gasteiger partial charge in [-0.15, -0.1) is 0 Å². The molecule has 0 radical (unpaired) electrons. The molecule has 27 heavy (non-hydrogen) atoms. The lowest BCUT2D eigenvalue weighted by Crippen LogP contribution is -2.05. The van der Waals surface area contributed by atoms with E-state index in [-0.39, 0.29) is 17.2 Å². The summed E-state index contributed by atoms with van der Waals surface area (Å²) in [4.78, 5) is 3.99. The normalized spacial score (nSPS) is 10.7. The molecule has 6 nitrogen and oxygen atoms in total. The van der Waals surface area contributed by atoms with Gasteiger partial charge < -0.3 is 14.8 Å². The average Bonchev–Trinajstić information content (AvgIpc) is 3.15. The summed E-state index contributed by atoms with van der Waals surface area (Å²) < 4.78 is 25.3. The van der Waals surface area contributed by atoms with Crippen LogP contribution in [-0.4, -0.2) is 21.8 Å². The largest absolute Gasteiger partial charge is 0.490 e. The molecule has 1 aromatic heterocycles. The summed E-state index contributed by atoms with van der Waals surface area (Å²) in [7, 11) is 0. The maximum atomic E-state index is 14.0. The Bertz CT molecular complexity index is 886. The summed E-state index contributed by atoms with van der Waals surface area (Å²) in [6, 6.07) is 8.01. The van der Waals surface area contributed by atoms with E-state index in [2.05, 4.69) is 20.5 Å². The molecule has 0 atom stereocenters. The lowest BCUT2D eigenvalue weighted by atomic mass is 10.2. The highest BCUT2D eigenvalue weighted by Crippen LogP contribution is 2.38. The molecular weight excluding hydrogens is 394 g/mol. The molecule has 142 valence electrons. The topological polar surface area (TPSA) is 72.1 Å². The highest BCUT2D eigenvalue weighted by molar-refractivity contribution is 6.32. The van der Waals surface area contributed by atoms with Gasteiger partial charge in [0.1, 0.15) is 18.8 Å². The van der Waals surface area contributed by atoms with E-state index in [1.165, 1.54) is 18.5 Å². The van der Waals surface area contributed by atoms with Crippen LogP contribution < -0.4 is 14.8 Å². The van der Waals surface area contributed by atoms with Crippen molar-refractivity contribution >= 4 is 29.2 Å². The summed E-state index contributed by atoms with van der Waals surface area (Å²) in [5.74, 6) is 0.899. The van der Waals surface area contributed by atoms with Crippen LogP contribution in [0.25, 0.3) is 0 Å². The standard InChI is InChI=1S/C18H17Cl2FN4O2/c1-2-26-16-7-11(8-22-18-23-10-24-25-18)6-14(20)17(16)27-9-12-13(19)4-3-5-15(12)21/h3-7,10H,2,8-9H2,1H3,(H2,22,23,24,25). The zero-order chi connectivity index (χ0) is 19.2. The molecule has 3 rings (SSSR count). The van der Waals surface area contributed by atoms with Crippen LogP contribution in [0.2, 0.25) is 10.0 Å². The molecule has 2 aromatic carbocycles. The Morgan fingerprint density at radius 3 is 2.74 bits per heavy atom. The summed E-state index contributed by atoms with van der Waals surface area (Å²) in [5, 5.41) is 10.2.